The molecule has 0 aliphatic heterocycles. The molecule has 0 heterocycles. The molecule has 9 nitrogen and oxygen atoms in total. The number of amides is 2. The molecule has 0 saturated heterocycles. The van der Waals surface area contributed by atoms with Crippen LogP contribution in [0.3, 0.4) is 0 Å². The second kappa shape index (κ2) is 9.09. The summed E-state index contributed by atoms with van der Waals surface area (Å²) >= 11 is 0. The van der Waals surface area contributed by atoms with Gasteiger partial charge in [0.2, 0.25) is 11.8 Å². The molecule has 2 rings (SSSR count). The fourth-order valence-corrected chi connectivity index (χ4v) is 2.21. The highest BCUT2D eigenvalue weighted by atomic mass is 16.6. The van der Waals surface area contributed by atoms with E-state index in [2.05, 4.69) is 15.8 Å². The molecule has 2 N–H and O–H groups in total. The number of nitro benzene ring substituents is 1. The summed E-state index contributed by atoms with van der Waals surface area (Å²) in [4.78, 5) is 34.1. The lowest BCUT2D eigenvalue weighted by Gasteiger charge is -2.09. The van der Waals surface area contributed by atoms with Crippen molar-refractivity contribution in [2.45, 2.75) is 13.3 Å². The van der Waals surface area contributed by atoms with Crippen LogP contribution in [0.25, 0.3) is 0 Å². The number of anilines is 1. The van der Waals surface area contributed by atoms with Crippen molar-refractivity contribution in [3.63, 3.8) is 0 Å². The quantitative estimate of drug-likeness (QED) is 0.335. The number of benzene rings is 2. The maximum Gasteiger partial charge on any atom is 0.272 e. The number of carbonyl (C=O) groups is 2. The molecular weight excluding hydrogens is 352 g/mol. The SMILES string of the molecule is COc1ccccc1NC(=O)CC(=O)NN=Cc1ccc(C)c([N+](=O)[O-])c1. The molecule has 9 heteroatoms. The number of rotatable bonds is 7. The van der Waals surface area contributed by atoms with Crippen molar-refractivity contribution < 1.29 is 19.2 Å². The Morgan fingerprint density at radius 1 is 1.22 bits per heavy atom. The highest BCUT2D eigenvalue weighted by Gasteiger charge is 2.12. The predicted molar refractivity (Wildman–Crippen MR) is 99.8 cm³/mol. The highest BCUT2D eigenvalue weighted by molar-refractivity contribution is 6.04. The van der Waals surface area contributed by atoms with Gasteiger partial charge < -0.3 is 10.1 Å². The summed E-state index contributed by atoms with van der Waals surface area (Å²) in [5, 5.41) is 17.2. The lowest BCUT2D eigenvalue weighted by molar-refractivity contribution is -0.385. The van der Waals surface area contributed by atoms with Gasteiger partial charge >= 0.3 is 0 Å². The van der Waals surface area contributed by atoms with Crippen molar-refractivity contribution in [1.82, 2.24) is 5.43 Å². The summed E-state index contributed by atoms with van der Waals surface area (Å²) in [6, 6.07) is 11.4. The molecule has 0 aromatic heterocycles. The first-order valence-corrected chi connectivity index (χ1v) is 7.90. The van der Waals surface area contributed by atoms with Gasteiger partial charge in [0.15, 0.2) is 0 Å². The Hall–Kier alpha value is -3.75. The number of methoxy groups -OCH3 is 1. The van der Waals surface area contributed by atoms with Crippen molar-refractivity contribution in [2.75, 3.05) is 12.4 Å². The summed E-state index contributed by atoms with van der Waals surface area (Å²) in [7, 11) is 1.47. The van der Waals surface area contributed by atoms with E-state index in [4.69, 9.17) is 4.74 Å². The lowest BCUT2D eigenvalue weighted by atomic mass is 10.1. The number of hydrazone groups is 1. The fourth-order valence-electron chi connectivity index (χ4n) is 2.21. The number of ether oxygens (including phenoxy) is 1. The minimum atomic E-state index is -0.625. The van der Waals surface area contributed by atoms with E-state index in [1.165, 1.54) is 19.4 Å². The van der Waals surface area contributed by atoms with Crippen LogP contribution in [-0.4, -0.2) is 30.1 Å². The van der Waals surface area contributed by atoms with E-state index in [9.17, 15) is 19.7 Å². The molecule has 0 radical (unpaired) electrons. The second-order valence-corrected chi connectivity index (χ2v) is 5.52. The largest absolute Gasteiger partial charge is 0.495 e. The van der Waals surface area contributed by atoms with Crippen LogP contribution < -0.4 is 15.5 Å². The average Bonchev–Trinajstić information content (AvgIpc) is 2.63. The third-order valence-electron chi connectivity index (χ3n) is 3.53. The van der Waals surface area contributed by atoms with Crippen LogP contribution in [0.1, 0.15) is 17.5 Å². The first-order chi connectivity index (χ1) is 12.9. The number of carbonyl (C=O) groups excluding carboxylic acids is 2. The normalized spacial score (nSPS) is 10.4. The molecule has 0 atom stereocenters. The van der Waals surface area contributed by atoms with E-state index in [-0.39, 0.29) is 5.69 Å². The van der Waals surface area contributed by atoms with Gasteiger partial charge in [-0.1, -0.05) is 24.3 Å². The minimum Gasteiger partial charge on any atom is -0.495 e. The minimum absolute atomic E-state index is 0.0403. The van der Waals surface area contributed by atoms with Crippen LogP contribution in [-0.2, 0) is 9.59 Å². The molecule has 0 aliphatic rings. The third kappa shape index (κ3) is 5.63. The standard InChI is InChI=1S/C18H18N4O5/c1-12-7-8-13(9-15(12)22(25)26)11-19-21-18(24)10-17(23)20-14-5-3-4-6-16(14)27-2/h3-9,11H,10H2,1-2H3,(H,20,23)(H,21,24). The van der Waals surface area contributed by atoms with E-state index in [0.717, 1.165) is 0 Å². The molecule has 2 aromatic rings. The molecular formula is C18H18N4O5. The van der Waals surface area contributed by atoms with Gasteiger partial charge in [0, 0.05) is 17.2 Å². The zero-order valence-electron chi connectivity index (χ0n) is 14.8. The van der Waals surface area contributed by atoms with Gasteiger partial charge in [-0.05, 0) is 19.1 Å². The average molecular weight is 370 g/mol. The molecule has 0 saturated carbocycles. The Morgan fingerprint density at radius 3 is 2.67 bits per heavy atom. The summed E-state index contributed by atoms with van der Waals surface area (Å²) in [6.07, 6.45) is 0.825. The van der Waals surface area contributed by atoms with Crippen molar-refractivity contribution >= 4 is 29.4 Å². The smallest absolute Gasteiger partial charge is 0.272 e. The second-order valence-electron chi connectivity index (χ2n) is 5.52. The first-order valence-electron chi connectivity index (χ1n) is 7.90. The van der Waals surface area contributed by atoms with Crippen LogP contribution in [0.5, 0.6) is 5.75 Å². The van der Waals surface area contributed by atoms with Crippen molar-refractivity contribution in [1.29, 1.82) is 0 Å². The monoisotopic (exact) mass is 370 g/mol. The molecule has 0 bridgehead atoms. The summed E-state index contributed by atoms with van der Waals surface area (Å²) in [5.41, 5.74) is 3.59. The van der Waals surface area contributed by atoms with Crippen molar-refractivity contribution in [2.24, 2.45) is 5.10 Å². The number of nitrogens with one attached hydrogen (secondary N) is 2. The van der Waals surface area contributed by atoms with E-state index in [1.54, 1.807) is 43.3 Å². The molecule has 2 amide bonds. The van der Waals surface area contributed by atoms with E-state index < -0.39 is 23.2 Å². The van der Waals surface area contributed by atoms with Gasteiger partial charge in [0.25, 0.3) is 5.69 Å². The van der Waals surface area contributed by atoms with Crippen LogP contribution in [0.2, 0.25) is 0 Å². The number of hydrogen-bond acceptors (Lipinski definition) is 6. The number of nitro groups is 1. The van der Waals surface area contributed by atoms with Gasteiger partial charge in [-0.2, -0.15) is 5.10 Å². The number of nitrogens with zero attached hydrogens (tertiary/aromatic N) is 2. The third-order valence-corrected chi connectivity index (χ3v) is 3.53. The fraction of sp³-hybridized carbons (Fsp3) is 0.167. The maximum atomic E-state index is 11.9. The molecule has 0 aliphatic carbocycles. The van der Waals surface area contributed by atoms with Gasteiger partial charge in [-0.25, -0.2) is 5.43 Å². The topological polar surface area (TPSA) is 123 Å². The zero-order valence-corrected chi connectivity index (χ0v) is 14.8. The number of para-hydroxylation sites is 2. The van der Waals surface area contributed by atoms with Crippen LogP contribution >= 0.6 is 0 Å². The molecule has 0 spiro atoms. The van der Waals surface area contributed by atoms with E-state index in [1.807, 2.05) is 0 Å². The van der Waals surface area contributed by atoms with E-state index in [0.29, 0.717) is 22.6 Å². The predicted octanol–water partition coefficient (Wildman–Crippen LogP) is 2.39. The van der Waals surface area contributed by atoms with E-state index >= 15 is 0 Å². The van der Waals surface area contributed by atoms with Gasteiger partial charge in [-0.15, -0.1) is 0 Å². The van der Waals surface area contributed by atoms with Crippen molar-refractivity contribution in [3.05, 3.63) is 63.7 Å². The van der Waals surface area contributed by atoms with Gasteiger partial charge in [0.1, 0.15) is 12.2 Å². The molecule has 0 fully saturated rings. The van der Waals surface area contributed by atoms with Crippen LogP contribution in [0.4, 0.5) is 11.4 Å². The highest BCUT2D eigenvalue weighted by Crippen LogP contribution is 2.23. The number of hydrogen-bond donors (Lipinski definition) is 2. The summed E-state index contributed by atoms with van der Waals surface area (Å²) in [6.45, 7) is 1.63. The zero-order chi connectivity index (χ0) is 19.8. The van der Waals surface area contributed by atoms with Gasteiger partial charge in [0.05, 0.1) is 23.9 Å². The Kier molecular flexibility index (Phi) is 6.59. The maximum absolute atomic E-state index is 11.9. The summed E-state index contributed by atoms with van der Waals surface area (Å²) < 4.78 is 5.11. The molecule has 0 unspecified atom stereocenters. The molecule has 2 aromatic carbocycles. The van der Waals surface area contributed by atoms with Gasteiger partial charge in [-0.3, -0.25) is 19.7 Å². The Bertz CT molecular complexity index is 895. The summed E-state index contributed by atoms with van der Waals surface area (Å²) in [5.74, 6) is -0.677. The Balaban J connectivity index is 1.90. The Labute approximate surface area is 155 Å². The Morgan fingerprint density at radius 2 is 1.96 bits per heavy atom. The van der Waals surface area contributed by atoms with Crippen molar-refractivity contribution in [3.8, 4) is 5.75 Å². The lowest BCUT2D eigenvalue weighted by Crippen LogP contribution is -2.24. The first kappa shape index (κ1) is 19.6. The number of aryl methyl sites for hydroxylation is 1. The van der Waals surface area contributed by atoms with Crippen LogP contribution in [0, 0.1) is 17.0 Å². The van der Waals surface area contributed by atoms with Crippen LogP contribution in [0.15, 0.2) is 47.6 Å². The molecule has 140 valence electrons. The molecule has 27 heavy (non-hydrogen) atoms.